The van der Waals surface area contributed by atoms with Crippen LogP contribution in [0.3, 0.4) is 0 Å². The Kier molecular flexibility index (Phi) is 6.60. The number of carbonyl (C=O) groups is 1. The Labute approximate surface area is 166 Å². The van der Waals surface area contributed by atoms with E-state index in [1.165, 1.54) is 11.8 Å². The Morgan fingerprint density at radius 2 is 2.11 bits per heavy atom. The fourth-order valence-electron chi connectivity index (χ4n) is 3.34. The van der Waals surface area contributed by atoms with E-state index in [2.05, 4.69) is 35.5 Å². The second-order valence-electron chi connectivity index (χ2n) is 7.19. The number of hydrogen-bond donors (Lipinski definition) is 0. The van der Waals surface area contributed by atoms with Crippen LogP contribution in [0.25, 0.3) is 0 Å². The fourth-order valence-corrected chi connectivity index (χ4v) is 4.36. The van der Waals surface area contributed by atoms with Crippen LogP contribution in [0, 0.1) is 13.8 Å². The zero-order valence-corrected chi connectivity index (χ0v) is 17.5. The summed E-state index contributed by atoms with van der Waals surface area (Å²) in [5.41, 5.74) is 3.32. The summed E-state index contributed by atoms with van der Waals surface area (Å²) in [7, 11) is 1.87. The number of hydrogen-bond acceptors (Lipinski definition) is 4. The Balaban J connectivity index is 1.63. The van der Waals surface area contributed by atoms with Crippen LogP contribution >= 0.6 is 11.8 Å². The number of imidazole rings is 1. The molecule has 0 bridgehead atoms. The molecular formula is C21H29N3O2S. The van der Waals surface area contributed by atoms with Crippen molar-refractivity contribution in [3.8, 4) is 0 Å². The van der Waals surface area contributed by atoms with Crippen molar-refractivity contribution in [1.82, 2.24) is 14.5 Å². The first kappa shape index (κ1) is 20.0. The zero-order valence-electron chi connectivity index (χ0n) is 16.6. The van der Waals surface area contributed by atoms with Crippen LogP contribution in [0.4, 0.5) is 0 Å². The molecule has 1 aromatic carbocycles. The summed E-state index contributed by atoms with van der Waals surface area (Å²) in [5, 5.41) is 0.912. The summed E-state index contributed by atoms with van der Waals surface area (Å²) in [6.45, 7) is 7.84. The molecule has 2 aromatic rings. The predicted molar refractivity (Wildman–Crippen MR) is 109 cm³/mol. The van der Waals surface area contributed by atoms with Crippen LogP contribution in [-0.4, -0.2) is 45.9 Å². The molecular weight excluding hydrogens is 358 g/mol. The van der Waals surface area contributed by atoms with E-state index in [4.69, 9.17) is 4.74 Å². The van der Waals surface area contributed by atoms with Crippen molar-refractivity contribution in [3.63, 3.8) is 0 Å². The number of aromatic nitrogens is 2. The van der Waals surface area contributed by atoms with Gasteiger partial charge in [-0.25, -0.2) is 4.98 Å². The first-order chi connectivity index (χ1) is 13.0. The Morgan fingerprint density at radius 3 is 2.78 bits per heavy atom. The van der Waals surface area contributed by atoms with E-state index in [1.54, 1.807) is 0 Å². The van der Waals surface area contributed by atoms with Crippen molar-refractivity contribution in [3.05, 3.63) is 47.3 Å². The molecule has 1 fully saturated rings. The zero-order chi connectivity index (χ0) is 19.4. The minimum Gasteiger partial charge on any atom is -0.376 e. The van der Waals surface area contributed by atoms with Crippen molar-refractivity contribution in [2.45, 2.75) is 57.5 Å². The van der Waals surface area contributed by atoms with Gasteiger partial charge in [-0.1, -0.05) is 42.1 Å². The lowest BCUT2D eigenvalue weighted by Crippen LogP contribution is -2.31. The molecule has 1 aliphatic rings. The van der Waals surface area contributed by atoms with Gasteiger partial charge >= 0.3 is 0 Å². The summed E-state index contributed by atoms with van der Waals surface area (Å²) in [6, 6.07) is 10.2. The molecule has 1 aromatic heterocycles. The molecule has 2 heterocycles. The number of ether oxygens (including phenoxy) is 1. The Bertz CT molecular complexity index is 769. The van der Waals surface area contributed by atoms with Crippen molar-refractivity contribution >= 4 is 17.7 Å². The minimum absolute atomic E-state index is 0.0504. The average molecular weight is 388 g/mol. The number of thioether (sulfide) groups is 1. The van der Waals surface area contributed by atoms with Crippen LogP contribution in [0.15, 0.2) is 35.5 Å². The summed E-state index contributed by atoms with van der Waals surface area (Å²) in [4.78, 5) is 19.2. The van der Waals surface area contributed by atoms with Crippen LogP contribution in [0.1, 0.15) is 42.8 Å². The summed E-state index contributed by atoms with van der Waals surface area (Å²) in [6.07, 6.45) is 2.48. The number of nitrogens with zero attached hydrogens (tertiary/aromatic N) is 3. The topological polar surface area (TPSA) is 47.4 Å². The number of amides is 1. The number of rotatable bonds is 7. The maximum atomic E-state index is 12.7. The van der Waals surface area contributed by atoms with Crippen molar-refractivity contribution in [2.24, 2.45) is 0 Å². The van der Waals surface area contributed by atoms with Crippen LogP contribution in [-0.2, 0) is 16.1 Å². The predicted octanol–water partition coefficient (Wildman–Crippen LogP) is 3.99. The SMILES string of the molecule is Cc1nc(SCC(=O)N(C)[C@H](C)c2ccccc2)n(C[C@@H]2CCCO2)c1C. The number of aryl methyl sites for hydroxylation is 1. The van der Waals surface area contributed by atoms with E-state index in [1.807, 2.05) is 37.1 Å². The number of benzene rings is 1. The molecule has 146 valence electrons. The molecule has 3 rings (SSSR count). The van der Waals surface area contributed by atoms with Gasteiger partial charge in [0.2, 0.25) is 5.91 Å². The largest absolute Gasteiger partial charge is 0.376 e. The van der Waals surface area contributed by atoms with Gasteiger partial charge in [0, 0.05) is 19.3 Å². The van der Waals surface area contributed by atoms with Gasteiger partial charge in [0.1, 0.15) is 0 Å². The molecule has 0 N–H and O–H groups in total. The van der Waals surface area contributed by atoms with Gasteiger partial charge in [0.25, 0.3) is 0 Å². The molecule has 1 amide bonds. The van der Waals surface area contributed by atoms with Crippen molar-refractivity contribution < 1.29 is 9.53 Å². The first-order valence-corrected chi connectivity index (χ1v) is 10.5. The van der Waals surface area contributed by atoms with Gasteiger partial charge < -0.3 is 14.2 Å². The van der Waals surface area contributed by atoms with Gasteiger partial charge in [-0.2, -0.15) is 0 Å². The summed E-state index contributed by atoms with van der Waals surface area (Å²) < 4.78 is 8.00. The highest BCUT2D eigenvalue weighted by atomic mass is 32.2. The molecule has 2 atom stereocenters. The van der Waals surface area contributed by atoms with Crippen molar-refractivity contribution in [2.75, 3.05) is 19.4 Å². The third kappa shape index (κ3) is 4.74. The average Bonchev–Trinajstić information content (AvgIpc) is 3.29. The molecule has 0 saturated carbocycles. The highest BCUT2D eigenvalue weighted by Crippen LogP contribution is 2.26. The molecule has 6 heteroatoms. The first-order valence-electron chi connectivity index (χ1n) is 9.56. The van der Waals surface area contributed by atoms with Gasteiger partial charge in [-0.05, 0) is 39.2 Å². The van der Waals surface area contributed by atoms with E-state index in [-0.39, 0.29) is 18.1 Å². The standard InChI is InChI=1S/C21H29N3O2S/c1-15-16(2)24(13-19-11-8-12-26-19)21(22-15)27-14-20(25)23(4)17(3)18-9-6-5-7-10-18/h5-7,9-10,17,19H,8,11-14H2,1-4H3/t17-,19+/m1/s1. The van der Waals surface area contributed by atoms with Crippen LogP contribution in [0.2, 0.25) is 0 Å². The van der Waals surface area contributed by atoms with Crippen LogP contribution in [0.5, 0.6) is 0 Å². The molecule has 1 saturated heterocycles. The highest BCUT2D eigenvalue weighted by molar-refractivity contribution is 7.99. The third-order valence-corrected chi connectivity index (χ3v) is 6.38. The third-order valence-electron chi connectivity index (χ3n) is 5.41. The lowest BCUT2D eigenvalue weighted by Gasteiger charge is -2.25. The molecule has 5 nitrogen and oxygen atoms in total. The molecule has 0 unspecified atom stereocenters. The van der Waals surface area contributed by atoms with Gasteiger partial charge in [-0.3, -0.25) is 4.79 Å². The van der Waals surface area contributed by atoms with Gasteiger partial charge in [0.05, 0.1) is 30.1 Å². The Hall–Kier alpha value is -1.79. The van der Waals surface area contributed by atoms with E-state index in [0.717, 1.165) is 48.1 Å². The maximum absolute atomic E-state index is 12.7. The lowest BCUT2D eigenvalue weighted by atomic mass is 10.1. The fraction of sp³-hybridized carbons (Fsp3) is 0.524. The highest BCUT2D eigenvalue weighted by Gasteiger charge is 2.22. The van der Waals surface area contributed by atoms with E-state index < -0.39 is 0 Å². The van der Waals surface area contributed by atoms with Crippen molar-refractivity contribution in [1.29, 1.82) is 0 Å². The molecule has 0 radical (unpaired) electrons. The van der Waals surface area contributed by atoms with Gasteiger partial charge in [0.15, 0.2) is 5.16 Å². The van der Waals surface area contributed by atoms with E-state index >= 15 is 0 Å². The molecule has 0 aliphatic carbocycles. The lowest BCUT2D eigenvalue weighted by molar-refractivity contribution is -0.128. The minimum atomic E-state index is 0.0504. The molecule has 27 heavy (non-hydrogen) atoms. The van der Waals surface area contributed by atoms with Crippen LogP contribution < -0.4 is 0 Å². The summed E-state index contributed by atoms with van der Waals surface area (Å²) >= 11 is 1.52. The molecule has 1 aliphatic heterocycles. The second-order valence-corrected chi connectivity index (χ2v) is 8.13. The second kappa shape index (κ2) is 8.93. The van der Waals surface area contributed by atoms with E-state index in [0.29, 0.717) is 5.75 Å². The Morgan fingerprint density at radius 1 is 1.37 bits per heavy atom. The normalized spacial score (nSPS) is 17.9. The van der Waals surface area contributed by atoms with E-state index in [9.17, 15) is 4.79 Å². The monoisotopic (exact) mass is 387 g/mol. The number of carbonyl (C=O) groups excluding carboxylic acids is 1. The summed E-state index contributed by atoms with van der Waals surface area (Å²) in [5.74, 6) is 0.494. The van der Waals surface area contributed by atoms with Gasteiger partial charge in [-0.15, -0.1) is 0 Å². The molecule has 0 spiro atoms. The quantitative estimate of drug-likeness (QED) is 0.674. The smallest absolute Gasteiger partial charge is 0.233 e. The maximum Gasteiger partial charge on any atom is 0.233 e.